The molecule has 0 saturated heterocycles. The van der Waals surface area contributed by atoms with E-state index in [4.69, 9.17) is 5.73 Å². The molecule has 0 aromatic heterocycles. The van der Waals surface area contributed by atoms with E-state index < -0.39 is 5.82 Å². The first-order chi connectivity index (χ1) is 7.41. The molecule has 0 bridgehead atoms. The minimum absolute atomic E-state index is 0. The number of carbonyl (C=O) groups excluding carboxylic acids is 1. The molecule has 0 spiro atoms. The number of hydrogen-bond acceptors (Lipinski definition) is 2. The second-order valence-corrected chi connectivity index (χ2v) is 4.68. The molecule has 0 radical (unpaired) electrons. The first-order valence-corrected chi connectivity index (χ1v) is 5.72. The van der Waals surface area contributed by atoms with Crippen molar-refractivity contribution in [2.24, 2.45) is 11.7 Å². The second kappa shape index (κ2) is 6.93. The van der Waals surface area contributed by atoms with E-state index in [2.05, 4.69) is 21.2 Å². The monoisotopic (exact) mass is 324 g/mol. The lowest BCUT2D eigenvalue weighted by Crippen LogP contribution is -2.34. The van der Waals surface area contributed by atoms with E-state index in [-0.39, 0.29) is 36.0 Å². The van der Waals surface area contributed by atoms with Gasteiger partial charge in [-0.05, 0) is 25.1 Å². The maximum Gasteiger partial charge on any atom is 0.228 e. The van der Waals surface area contributed by atoms with Crippen LogP contribution in [0.1, 0.15) is 13.8 Å². The highest BCUT2D eigenvalue weighted by atomic mass is 79.9. The number of nitrogens with two attached hydrogens (primary N) is 1. The van der Waals surface area contributed by atoms with Gasteiger partial charge in [0.2, 0.25) is 5.91 Å². The first kappa shape index (κ1) is 16.4. The van der Waals surface area contributed by atoms with E-state index in [0.717, 1.165) is 0 Å². The standard InChI is InChI=1S/C11H14BrFN2O.ClH/c1-6(7(2)14)11(16)15-10-4-3-8(12)5-9(10)13;/h3-7H,14H2,1-2H3,(H,15,16);1H. The van der Waals surface area contributed by atoms with Crippen molar-refractivity contribution >= 4 is 39.9 Å². The predicted octanol–water partition coefficient (Wildman–Crippen LogP) is 2.93. The van der Waals surface area contributed by atoms with Crippen LogP contribution >= 0.6 is 28.3 Å². The summed E-state index contributed by atoms with van der Waals surface area (Å²) in [6, 6.07) is 4.20. The number of rotatable bonds is 3. The molecule has 1 rings (SSSR count). The van der Waals surface area contributed by atoms with Crippen molar-refractivity contribution in [1.29, 1.82) is 0 Å². The van der Waals surface area contributed by atoms with Crippen LogP contribution in [0.15, 0.2) is 22.7 Å². The molecule has 96 valence electrons. The molecule has 1 amide bonds. The van der Waals surface area contributed by atoms with Gasteiger partial charge in [-0.2, -0.15) is 0 Å². The van der Waals surface area contributed by atoms with Crippen molar-refractivity contribution < 1.29 is 9.18 Å². The summed E-state index contributed by atoms with van der Waals surface area (Å²) < 4.78 is 14.0. The third-order valence-corrected chi connectivity index (χ3v) is 2.88. The van der Waals surface area contributed by atoms with Gasteiger partial charge in [-0.1, -0.05) is 22.9 Å². The van der Waals surface area contributed by atoms with Gasteiger partial charge in [-0.3, -0.25) is 4.79 Å². The minimum atomic E-state index is -0.473. The van der Waals surface area contributed by atoms with Gasteiger partial charge in [0.15, 0.2) is 0 Å². The Morgan fingerprint density at radius 2 is 2.06 bits per heavy atom. The number of amides is 1. The van der Waals surface area contributed by atoms with Gasteiger partial charge in [0.1, 0.15) is 5.82 Å². The fraction of sp³-hybridized carbons (Fsp3) is 0.364. The zero-order valence-corrected chi connectivity index (χ0v) is 11.9. The quantitative estimate of drug-likeness (QED) is 0.898. The molecule has 2 atom stereocenters. The fourth-order valence-electron chi connectivity index (χ4n) is 1.08. The summed E-state index contributed by atoms with van der Waals surface area (Å²) in [6.07, 6.45) is 0. The number of anilines is 1. The molecule has 0 heterocycles. The van der Waals surface area contributed by atoms with Crippen molar-refractivity contribution in [2.75, 3.05) is 5.32 Å². The van der Waals surface area contributed by atoms with E-state index in [1.165, 1.54) is 12.1 Å². The summed E-state index contributed by atoms with van der Waals surface area (Å²) in [5, 5.41) is 2.50. The van der Waals surface area contributed by atoms with Crippen molar-refractivity contribution in [3.8, 4) is 0 Å². The summed E-state index contributed by atoms with van der Waals surface area (Å²) in [4.78, 5) is 11.6. The molecule has 1 aromatic rings. The van der Waals surface area contributed by atoms with Gasteiger partial charge in [0.05, 0.1) is 11.6 Å². The van der Waals surface area contributed by atoms with Gasteiger partial charge in [0, 0.05) is 10.5 Å². The molecule has 0 aliphatic carbocycles. The zero-order chi connectivity index (χ0) is 12.3. The van der Waals surface area contributed by atoms with Gasteiger partial charge in [0.25, 0.3) is 0 Å². The Hall–Kier alpha value is -0.650. The summed E-state index contributed by atoms with van der Waals surface area (Å²) in [5.41, 5.74) is 5.76. The molecule has 17 heavy (non-hydrogen) atoms. The van der Waals surface area contributed by atoms with E-state index in [1.54, 1.807) is 19.9 Å². The lowest BCUT2D eigenvalue weighted by molar-refractivity contribution is -0.119. The molecule has 1 aromatic carbocycles. The Morgan fingerprint density at radius 1 is 1.47 bits per heavy atom. The predicted molar refractivity (Wildman–Crippen MR) is 72.8 cm³/mol. The van der Waals surface area contributed by atoms with Crippen LogP contribution in [0.2, 0.25) is 0 Å². The molecule has 0 saturated carbocycles. The molecule has 3 N–H and O–H groups in total. The average molecular weight is 326 g/mol. The van der Waals surface area contributed by atoms with E-state index in [9.17, 15) is 9.18 Å². The number of carbonyl (C=O) groups is 1. The highest BCUT2D eigenvalue weighted by Crippen LogP contribution is 2.20. The topological polar surface area (TPSA) is 55.1 Å². The van der Waals surface area contributed by atoms with Crippen LogP contribution in [0.4, 0.5) is 10.1 Å². The Morgan fingerprint density at radius 3 is 2.53 bits per heavy atom. The molecular weight excluding hydrogens is 310 g/mol. The largest absolute Gasteiger partial charge is 0.327 e. The van der Waals surface area contributed by atoms with Gasteiger partial charge in [-0.25, -0.2) is 4.39 Å². The van der Waals surface area contributed by atoms with E-state index in [0.29, 0.717) is 4.47 Å². The van der Waals surface area contributed by atoms with Crippen LogP contribution < -0.4 is 11.1 Å². The van der Waals surface area contributed by atoms with Gasteiger partial charge >= 0.3 is 0 Å². The van der Waals surface area contributed by atoms with Crippen LogP contribution in [0.3, 0.4) is 0 Å². The highest BCUT2D eigenvalue weighted by molar-refractivity contribution is 9.10. The Balaban J connectivity index is 0.00000256. The van der Waals surface area contributed by atoms with Crippen LogP contribution in [0.25, 0.3) is 0 Å². The SMILES string of the molecule is CC(N)C(C)C(=O)Nc1ccc(Br)cc1F.Cl. The molecule has 0 aliphatic heterocycles. The minimum Gasteiger partial charge on any atom is -0.327 e. The van der Waals surface area contributed by atoms with Crippen LogP contribution in [-0.2, 0) is 4.79 Å². The Kier molecular flexibility index (Phi) is 6.67. The van der Waals surface area contributed by atoms with E-state index >= 15 is 0 Å². The van der Waals surface area contributed by atoms with Gasteiger partial charge < -0.3 is 11.1 Å². The van der Waals surface area contributed by atoms with Crippen LogP contribution in [-0.4, -0.2) is 11.9 Å². The lowest BCUT2D eigenvalue weighted by Gasteiger charge is -2.15. The Labute approximate surface area is 114 Å². The summed E-state index contributed by atoms with van der Waals surface area (Å²) >= 11 is 3.14. The number of benzene rings is 1. The van der Waals surface area contributed by atoms with Gasteiger partial charge in [-0.15, -0.1) is 12.4 Å². The molecule has 0 fully saturated rings. The normalized spacial score (nSPS) is 13.5. The smallest absolute Gasteiger partial charge is 0.228 e. The van der Waals surface area contributed by atoms with Crippen molar-refractivity contribution in [3.05, 3.63) is 28.5 Å². The number of halogens is 3. The first-order valence-electron chi connectivity index (χ1n) is 4.93. The third-order valence-electron chi connectivity index (χ3n) is 2.39. The summed E-state index contributed by atoms with van der Waals surface area (Å²) in [5.74, 6) is -1.11. The second-order valence-electron chi connectivity index (χ2n) is 3.76. The van der Waals surface area contributed by atoms with Crippen molar-refractivity contribution in [1.82, 2.24) is 0 Å². The van der Waals surface area contributed by atoms with Crippen molar-refractivity contribution in [3.63, 3.8) is 0 Å². The maximum absolute atomic E-state index is 13.4. The highest BCUT2D eigenvalue weighted by Gasteiger charge is 2.18. The zero-order valence-electron chi connectivity index (χ0n) is 9.54. The fourth-order valence-corrected chi connectivity index (χ4v) is 1.41. The maximum atomic E-state index is 13.4. The number of nitrogens with one attached hydrogen (secondary N) is 1. The van der Waals surface area contributed by atoms with Crippen LogP contribution in [0.5, 0.6) is 0 Å². The molecular formula is C11H15BrClFN2O. The molecule has 2 unspecified atom stereocenters. The summed E-state index contributed by atoms with van der Waals surface area (Å²) in [7, 11) is 0. The van der Waals surface area contributed by atoms with Crippen LogP contribution in [0, 0.1) is 11.7 Å². The summed E-state index contributed by atoms with van der Waals surface area (Å²) in [6.45, 7) is 3.44. The molecule has 3 nitrogen and oxygen atoms in total. The average Bonchev–Trinajstić information content (AvgIpc) is 2.20. The van der Waals surface area contributed by atoms with E-state index in [1.807, 2.05) is 0 Å². The lowest BCUT2D eigenvalue weighted by atomic mass is 10.0. The van der Waals surface area contributed by atoms with Crippen molar-refractivity contribution in [2.45, 2.75) is 19.9 Å². The number of hydrogen-bond donors (Lipinski definition) is 2. The molecule has 0 aliphatic rings. The Bertz CT molecular complexity index is 401. The third kappa shape index (κ3) is 4.61. The molecule has 6 heteroatoms.